The summed E-state index contributed by atoms with van der Waals surface area (Å²) >= 11 is 0. The van der Waals surface area contributed by atoms with Crippen LogP contribution in [0.5, 0.6) is 0 Å². The van der Waals surface area contributed by atoms with Crippen molar-refractivity contribution >= 4 is 16.8 Å². The van der Waals surface area contributed by atoms with E-state index < -0.39 is 11.2 Å². The number of likely N-dealkylation sites (tertiary alicyclic amines) is 1. The van der Waals surface area contributed by atoms with Crippen LogP contribution >= 0.6 is 0 Å². The van der Waals surface area contributed by atoms with Crippen LogP contribution in [0.1, 0.15) is 48.5 Å². The highest BCUT2D eigenvalue weighted by Crippen LogP contribution is 2.16. The molecule has 1 amide bonds. The molecule has 1 saturated heterocycles. The first kappa shape index (κ1) is 22.9. The third-order valence-corrected chi connectivity index (χ3v) is 6.35. The number of carbonyl (C=O) groups is 1. The highest BCUT2D eigenvalue weighted by molar-refractivity contribution is 5.97. The summed E-state index contributed by atoms with van der Waals surface area (Å²) in [5.41, 5.74) is 0.305. The number of aromatic nitrogens is 2. The van der Waals surface area contributed by atoms with Gasteiger partial charge in [0.1, 0.15) is 5.82 Å². The number of aromatic amines is 1. The van der Waals surface area contributed by atoms with Gasteiger partial charge >= 0.3 is 5.69 Å². The summed E-state index contributed by atoms with van der Waals surface area (Å²) in [4.78, 5) is 43.1. The van der Waals surface area contributed by atoms with Gasteiger partial charge in [-0.25, -0.2) is 9.18 Å². The quantitative estimate of drug-likeness (QED) is 0.540. The highest BCUT2D eigenvalue weighted by Gasteiger charge is 2.17. The Hall–Kier alpha value is -3.26. The van der Waals surface area contributed by atoms with Gasteiger partial charge in [0, 0.05) is 24.7 Å². The molecule has 1 aromatic heterocycles. The molecule has 0 aliphatic carbocycles. The summed E-state index contributed by atoms with van der Waals surface area (Å²) in [5, 5.41) is 3.24. The summed E-state index contributed by atoms with van der Waals surface area (Å²) in [6, 6.07) is 10.9. The number of fused-ring (bicyclic) bond motifs is 1. The largest absolute Gasteiger partial charge is 0.352 e. The second kappa shape index (κ2) is 10.1. The molecule has 33 heavy (non-hydrogen) atoms. The minimum Gasteiger partial charge on any atom is -0.352 e. The van der Waals surface area contributed by atoms with Crippen molar-refractivity contribution in [2.75, 3.05) is 19.6 Å². The molecule has 1 fully saturated rings. The summed E-state index contributed by atoms with van der Waals surface area (Å²) in [5.74, 6) is -0.620. The molecule has 2 N–H and O–H groups in total. The fraction of sp³-hybridized carbons (Fsp3) is 0.400. The molecule has 2 aromatic carbocycles. The number of rotatable bonds is 7. The van der Waals surface area contributed by atoms with Crippen molar-refractivity contribution in [3.05, 3.63) is 80.2 Å². The summed E-state index contributed by atoms with van der Waals surface area (Å²) in [6.07, 6.45) is 4.62. The SMILES string of the molecule is CC1CCCCN1CCCNC(=O)c1ccc2c(=O)n(Cc3ccc(F)cc3)c(=O)[nH]c2c1. The van der Waals surface area contributed by atoms with Crippen LogP contribution in [0.3, 0.4) is 0 Å². The molecule has 1 atom stereocenters. The molecular weight excluding hydrogens is 423 g/mol. The first-order valence-corrected chi connectivity index (χ1v) is 11.5. The van der Waals surface area contributed by atoms with E-state index in [2.05, 4.69) is 22.1 Å². The third-order valence-electron chi connectivity index (χ3n) is 6.35. The number of nitrogens with one attached hydrogen (secondary N) is 2. The zero-order valence-corrected chi connectivity index (χ0v) is 18.8. The lowest BCUT2D eigenvalue weighted by Crippen LogP contribution is -2.39. The number of piperidine rings is 1. The molecular formula is C25H29FN4O3. The van der Waals surface area contributed by atoms with Crippen LogP contribution in [0.2, 0.25) is 0 Å². The van der Waals surface area contributed by atoms with E-state index in [1.807, 2.05) is 0 Å². The van der Waals surface area contributed by atoms with Gasteiger partial charge in [0.25, 0.3) is 11.5 Å². The first-order chi connectivity index (χ1) is 15.9. The minimum absolute atomic E-state index is 0.0300. The van der Waals surface area contributed by atoms with Gasteiger partial charge in [-0.2, -0.15) is 0 Å². The highest BCUT2D eigenvalue weighted by atomic mass is 19.1. The van der Waals surface area contributed by atoms with Crippen molar-refractivity contribution < 1.29 is 9.18 Å². The van der Waals surface area contributed by atoms with Gasteiger partial charge in [-0.1, -0.05) is 18.6 Å². The van der Waals surface area contributed by atoms with Crippen LogP contribution in [0.15, 0.2) is 52.1 Å². The summed E-state index contributed by atoms with van der Waals surface area (Å²) in [7, 11) is 0. The smallest absolute Gasteiger partial charge is 0.329 e. The topological polar surface area (TPSA) is 87.2 Å². The van der Waals surface area contributed by atoms with E-state index in [9.17, 15) is 18.8 Å². The number of hydrogen-bond acceptors (Lipinski definition) is 4. The van der Waals surface area contributed by atoms with E-state index in [1.165, 1.54) is 49.6 Å². The fourth-order valence-corrected chi connectivity index (χ4v) is 4.39. The Morgan fingerprint density at radius 3 is 2.70 bits per heavy atom. The predicted molar refractivity (Wildman–Crippen MR) is 126 cm³/mol. The number of hydrogen-bond donors (Lipinski definition) is 2. The van der Waals surface area contributed by atoms with E-state index in [4.69, 9.17) is 0 Å². The Labute approximate surface area is 191 Å². The molecule has 1 aliphatic rings. The summed E-state index contributed by atoms with van der Waals surface area (Å²) < 4.78 is 14.2. The maximum atomic E-state index is 13.1. The van der Waals surface area contributed by atoms with E-state index in [0.717, 1.165) is 24.1 Å². The number of H-pyrrole nitrogens is 1. The van der Waals surface area contributed by atoms with E-state index in [1.54, 1.807) is 12.1 Å². The van der Waals surface area contributed by atoms with Crippen molar-refractivity contribution in [1.29, 1.82) is 0 Å². The van der Waals surface area contributed by atoms with Gasteiger partial charge in [0.15, 0.2) is 0 Å². The van der Waals surface area contributed by atoms with Crippen LogP contribution in [0.25, 0.3) is 10.9 Å². The molecule has 174 valence electrons. The molecule has 7 nitrogen and oxygen atoms in total. The van der Waals surface area contributed by atoms with Crippen LogP contribution < -0.4 is 16.6 Å². The monoisotopic (exact) mass is 452 g/mol. The average Bonchev–Trinajstić information content (AvgIpc) is 2.81. The fourth-order valence-electron chi connectivity index (χ4n) is 4.39. The number of carbonyl (C=O) groups excluding carboxylic acids is 1. The first-order valence-electron chi connectivity index (χ1n) is 11.5. The molecule has 0 radical (unpaired) electrons. The zero-order chi connectivity index (χ0) is 23.4. The Morgan fingerprint density at radius 2 is 1.94 bits per heavy atom. The van der Waals surface area contributed by atoms with Crippen LogP contribution in [0, 0.1) is 5.82 Å². The lowest BCUT2D eigenvalue weighted by Gasteiger charge is -2.33. The standard InChI is InChI=1S/C25H29FN4O3/c1-17-5-2-3-13-29(17)14-4-12-27-23(31)19-8-11-21-22(15-19)28-25(33)30(24(21)32)16-18-6-9-20(26)10-7-18/h6-11,15,17H,2-5,12-14,16H2,1H3,(H,27,31)(H,28,33). The third kappa shape index (κ3) is 5.39. The average molecular weight is 453 g/mol. The maximum absolute atomic E-state index is 13.1. The van der Waals surface area contributed by atoms with Gasteiger partial charge in [-0.15, -0.1) is 0 Å². The van der Waals surface area contributed by atoms with Crippen LogP contribution in [0.4, 0.5) is 4.39 Å². The van der Waals surface area contributed by atoms with Gasteiger partial charge in [0.05, 0.1) is 17.4 Å². The molecule has 0 spiro atoms. The van der Waals surface area contributed by atoms with Crippen LogP contribution in [-0.4, -0.2) is 46.0 Å². The number of nitrogens with zero attached hydrogens (tertiary/aromatic N) is 2. The Bertz CT molecular complexity index is 1250. The van der Waals surface area contributed by atoms with Gasteiger partial charge < -0.3 is 15.2 Å². The van der Waals surface area contributed by atoms with Crippen molar-refractivity contribution in [2.45, 2.75) is 45.2 Å². The van der Waals surface area contributed by atoms with E-state index in [0.29, 0.717) is 34.6 Å². The Morgan fingerprint density at radius 1 is 1.15 bits per heavy atom. The molecule has 1 unspecified atom stereocenters. The van der Waals surface area contributed by atoms with Crippen molar-refractivity contribution in [1.82, 2.24) is 19.8 Å². The van der Waals surface area contributed by atoms with Gasteiger partial charge in [0.2, 0.25) is 0 Å². The Balaban J connectivity index is 1.43. The van der Waals surface area contributed by atoms with Gasteiger partial charge in [-0.3, -0.25) is 14.2 Å². The minimum atomic E-state index is -0.579. The normalized spacial score (nSPS) is 16.7. The van der Waals surface area contributed by atoms with E-state index >= 15 is 0 Å². The van der Waals surface area contributed by atoms with Crippen molar-refractivity contribution in [3.8, 4) is 0 Å². The lowest BCUT2D eigenvalue weighted by atomic mass is 10.0. The zero-order valence-electron chi connectivity index (χ0n) is 18.8. The molecule has 0 saturated carbocycles. The second-order valence-corrected chi connectivity index (χ2v) is 8.70. The molecule has 0 bridgehead atoms. The van der Waals surface area contributed by atoms with Crippen molar-refractivity contribution in [2.24, 2.45) is 0 Å². The Kier molecular flexibility index (Phi) is 7.03. The van der Waals surface area contributed by atoms with Gasteiger partial charge in [-0.05, 0) is 68.6 Å². The molecule has 8 heteroatoms. The van der Waals surface area contributed by atoms with Crippen molar-refractivity contribution in [3.63, 3.8) is 0 Å². The maximum Gasteiger partial charge on any atom is 0.329 e. The molecule has 3 aromatic rings. The second-order valence-electron chi connectivity index (χ2n) is 8.70. The predicted octanol–water partition coefficient (Wildman–Crippen LogP) is 2.87. The molecule has 1 aliphatic heterocycles. The van der Waals surface area contributed by atoms with E-state index in [-0.39, 0.29) is 18.3 Å². The molecule has 2 heterocycles. The number of benzene rings is 2. The number of amides is 1. The molecule has 4 rings (SSSR count). The number of halogens is 1. The lowest BCUT2D eigenvalue weighted by molar-refractivity contribution is 0.0949. The van der Waals surface area contributed by atoms with Crippen LogP contribution in [-0.2, 0) is 6.54 Å². The summed E-state index contributed by atoms with van der Waals surface area (Å²) in [6.45, 7) is 4.92.